The molecule has 0 spiro atoms. The third-order valence-corrected chi connectivity index (χ3v) is 3.64. The van der Waals surface area contributed by atoms with Crippen molar-refractivity contribution in [2.75, 3.05) is 25.2 Å². The average Bonchev–Trinajstić information content (AvgIpc) is 2.70. The van der Waals surface area contributed by atoms with Gasteiger partial charge in [0.25, 0.3) is 0 Å². The van der Waals surface area contributed by atoms with Crippen molar-refractivity contribution in [2.24, 2.45) is 0 Å². The minimum absolute atomic E-state index is 0.0339. The number of ether oxygens (including phenoxy) is 2. The summed E-state index contributed by atoms with van der Waals surface area (Å²) in [6.07, 6.45) is 4.80. The highest BCUT2D eigenvalue weighted by Gasteiger charge is 2.21. The molecule has 0 N–H and O–H groups in total. The molecule has 0 fully saturated rings. The molecule has 0 radical (unpaired) electrons. The second-order valence-corrected chi connectivity index (χ2v) is 7.61. The predicted molar refractivity (Wildman–Crippen MR) is 77.3 cm³/mol. The molecule has 0 unspecified atom stereocenters. The summed E-state index contributed by atoms with van der Waals surface area (Å²) < 4.78 is 35.2. The lowest BCUT2D eigenvalue weighted by molar-refractivity contribution is -0.0227. The minimum Gasteiger partial charge on any atom is -0.374 e. The zero-order valence-corrected chi connectivity index (χ0v) is 13.4. The van der Waals surface area contributed by atoms with E-state index in [0.717, 1.165) is 5.82 Å². The maximum atomic E-state index is 11.1. The molecule has 1 aromatic heterocycles. The lowest BCUT2D eigenvalue weighted by atomic mass is 10.1. The van der Waals surface area contributed by atoms with Gasteiger partial charge in [-0.1, -0.05) is 0 Å². The first kappa shape index (κ1) is 17.1. The molecule has 0 saturated heterocycles. The first-order chi connectivity index (χ1) is 9.23. The van der Waals surface area contributed by atoms with Crippen LogP contribution in [-0.2, 0) is 32.5 Å². The summed E-state index contributed by atoms with van der Waals surface area (Å²) in [5.74, 6) is 0.873. The number of rotatable bonds is 9. The van der Waals surface area contributed by atoms with Crippen LogP contribution in [0.3, 0.4) is 0 Å². The Hall–Kier alpha value is -0.920. The van der Waals surface area contributed by atoms with E-state index in [2.05, 4.69) is 4.98 Å². The molecule has 6 nitrogen and oxygen atoms in total. The van der Waals surface area contributed by atoms with E-state index in [1.807, 2.05) is 31.5 Å². The highest BCUT2D eigenvalue weighted by Crippen LogP contribution is 2.14. The Morgan fingerprint density at radius 1 is 1.40 bits per heavy atom. The van der Waals surface area contributed by atoms with E-state index in [4.69, 9.17) is 9.47 Å². The van der Waals surface area contributed by atoms with Gasteiger partial charge < -0.3 is 14.0 Å². The number of hydrogen-bond acceptors (Lipinski definition) is 5. The van der Waals surface area contributed by atoms with Gasteiger partial charge in [-0.05, 0) is 20.8 Å². The van der Waals surface area contributed by atoms with Crippen LogP contribution in [0.15, 0.2) is 12.4 Å². The van der Waals surface area contributed by atoms with Crippen molar-refractivity contribution < 1.29 is 17.9 Å². The molecule has 20 heavy (non-hydrogen) atoms. The summed E-state index contributed by atoms with van der Waals surface area (Å²) in [6, 6.07) is 0. The van der Waals surface area contributed by atoms with Crippen molar-refractivity contribution >= 4 is 9.84 Å². The zero-order chi connectivity index (χ0) is 15.2. The van der Waals surface area contributed by atoms with Crippen molar-refractivity contribution in [1.29, 1.82) is 0 Å². The molecule has 0 atom stereocenters. The number of imidazole rings is 1. The van der Waals surface area contributed by atoms with Crippen LogP contribution >= 0.6 is 0 Å². The lowest BCUT2D eigenvalue weighted by Gasteiger charge is -2.26. The van der Waals surface area contributed by atoms with Crippen LogP contribution in [0.4, 0.5) is 0 Å². The van der Waals surface area contributed by atoms with Crippen LogP contribution in [0.25, 0.3) is 0 Å². The molecule has 1 rings (SSSR count). The van der Waals surface area contributed by atoms with Gasteiger partial charge in [0.05, 0.1) is 24.5 Å². The Bertz CT molecular complexity index is 508. The van der Waals surface area contributed by atoms with Crippen LogP contribution in [0.2, 0.25) is 0 Å². The summed E-state index contributed by atoms with van der Waals surface area (Å²) in [5.41, 5.74) is -0.466. The van der Waals surface area contributed by atoms with Crippen LogP contribution in [0.1, 0.15) is 26.6 Å². The standard InChI is InChI=1S/C13H24N2O4S/c1-5-18-10-12-14-6-7-15(12)11-13(2,3)19-8-9-20(4,16)17/h6-7H,5,8-11H2,1-4H3. The fourth-order valence-corrected chi connectivity index (χ4v) is 2.13. The van der Waals surface area contributed by atoms with Crippen molar-refractivity contribution in [3.05, 3.63) is 18.2 Å². The minimum atomic E-state index is -2.99. The Labute approximate surface area is 121 Å². The smallest absolute Gasteiger partial charge is 0.149 e. The van der Waals surface area contributed by atoms with E-state index >= 15 is 0 Å². The van der Waals surface area contributed by atoms with Crippen molar-refractivity contribution in [1.82, 2.24) is 9.55 Å². The molecule has 1 aromatic rings. The van der Waals surface area contributed by atoms with Gasteiger partial charge in [0.2, 0.25) is 0 Å². The Kier molecular flexibility index (Phi) is 6.16. The number of sulfone groups is 1. The van der Waals surface area contributed by atoms with E-state index < -0.39 is 15.4 Å². The highest BCUT2D eigenvalue weighted by atomic mass is 32.2. The Balaban J connectivity index is 2.55. The van der Waals surface area contributed by atoms with Crippen LogP contribution in [0.5, 0.6) is 0 Å². The van der Waals surface area contributed by atoms with Gasteiger partial charge in [0.1, 0.15) is 22.3 Å². The van der Waals surface area contributed by atoms with E-state index in [1.165, 1.54) is 6.26 Å². The molecule has 116 valence electrons. The van der Waals surface area contributed by atoms with E-state index in [-0.39, 0.29) is 12.4 Å². The molecule has 0 aliphatic rings. The lowest BCUT2D eigenvalue weighted by Crippen LogP contribution is -2.33. The normalized spacial score (nSPS) is 12.8. The van der Waals surface area contributed by atoms with Gasteiger partial charge in [-0.25, -0.2) is 13.4 Å². The van der Waals surface area contributed by atoms with Crippen LogP contribution in [0, 0.1) is 0 Å². The topological polar surface area (TPSA) is 70.4 Å². The van der Waals surface area contributed by atoms with Gasteiger partial charge in [-0.3, -0.25) is 0 Å². The molecule has 0 aromatic carbocycles. The zero-order valence-electron chi connectivity index (χ0n) is 12.6. The molecule has 0 aliphatic heterocycles. The molecule has 0 aliphatic carbocycles. The molecule has 1 heterocycles. The second-order valence-electron chi connectivity index (χ2n) is 5.35. The second kappa shape index (κ2) is 7.19. The van der Waals surface area contributed by atoms with Crippen molar-refractivity contribution in [2.45, 2.75) is 39.5 Å². The van der Waals surface area contributed by atoms with Gasteiger partial charge in [-0.2, -0.15) is 0 Å². The maximum Gasteiger partial charge on any atom is 0.149 e. The first-order valence-corrected chi connectivity index (χ1v) is 8.69. The molecule has 0 amide bonds. The molecular formula is C13H24N2O4S. The van der Waals surface area contributed by atoms with Crippen molar-refractivity contribution in [3.8, 4) is 0 Å². The summed E-state index contributed by atoms with van der Waals surface area (Å²) in [5, 5.41) is 0. The third-order valence-electron chi connectivity index (χ3n) is 2.74. The van der Waals surface area contributed by atoms with Crippen LogP contribution in [-0.4, -0.2) is 48.8 Å². The summed E-state index contributed by atoms with van der Waals surface area (Å²) in [7, 11) is -2.99. The maximum absolute atomic E-state index is 11.1. The highest BCUT2D eigenvalue weighted by molar-refractivity contribution is 7.90. The van der Waals surface area contributed by atoms with Gasteiger partial charge in [0.15, 0.2) is 0 Å². The fourth-order valence-electron chi connectivity index (χ4n) is 1.74. The van der Waals surface area contributed by atoms with Crippen LogP contribution < -0.4 is 0 Å². The third kappa shape index (κ3) is 6.49. The predicted octanol–water partition coefficient (Wildman–Crippen LogP) is 1.26. The quantitative estimate of drug-likeness (QED) is 0.687. The SMILES string of the molecule is CCOCc1nccn1CC(C)(C)OCCS(C)(=O)=O. The molecule has 0 saturated carbocycles. The number of nitrogens with zero attached hydrogens (tertiary/aromatic N) is 2. The molecule has 7 heteroatoms. The van der Waals surface area contributed by atoms with E-state index in [1.54, 1.807) is 6.20 Å². The van der Waals surface area contributed by atoms with E-state index in [0.29, 0.717) is 19.8 Å². The average molecular weight is 304 g/mol. The van der Waals surface area contributed by atoms with Gasteiger partial charge in [0, 0.05) is 25.3 Å². The Morgan fingerprint density at radius 3 is 2.70 bits per heavy atom. The summed E-state index contributed by atoms with van der Waals surface area (Å²) in [4.78, 5) is 4.24. The number of aromatic nitrogens is 2. The van der Waals surface area contributed by atoms with Crippen molar-refractivity contribution in [3.63, 3.8) is 0 Å². The van der Waals surface area contributed by atoms with E-state index in [9.17, 15) is 8.42 Å². The fraction of sp³-hybridized carbons (Fsp3) is 0.769. The summed E-state index contributed by atoms with van der Waals surface area (Å²) >= 11 is 0. The monoisotopic (exact) mass is 304 g/mol. The Morgan fingerprint density at radius 2 is 2.10 bits per heavy atom. The van der Waals surface area contributed by atoms with Gasteiger partial charge in [-0.15, -0.1) is 0 Å². The summed E-state index contributed by atoms with van der Waals surface area (Å²) in [6.45, 7) is 7.69. The van der Waals surface area contributed by atoms with Gasteiger partial charge >= 0.3 is 0 Å². The first-order valence-electron chi connectivity index (χ1n) is 6.63. The molecular weight excluding hydrogens is 280 g/mol. The largest absolute Gasteiger partial charge is 0.374 e. The molecule has 0 bridgehead atoms. The number of hydrogen-bond donors (Lipinski definition) is 0.